The van der Waals surface area contributed by atoms with Crippen molar-refractivity contribution in [2.24, 2.45) is 5.92 Å². The lowest BCUT2D eigenvalue weighted by Gasteiger charge is -2.32. The van der Waals surface area contributed by atoms with Crippen LogP contribution in [0, 0.1) is 17.2 Å². The first-order valence-electron chi connectivity index (χ1n) is 5.65. The van der Waals surface area contributed by atoms with Crippen LogP contribution in [0.1, 0.15) is 18.4 Å². The van der Waals surface area contributed by atoms with Gasteiger partial charge in [-0.3, -0.25) is 4.79 Å². The van der Waals surface area contributed by atoms with Crippen LogP contribution in [0.15, 0.2) is 12.3 Å². The fourth-order valence-electron chi connectivity index (χ4n) is 2.10. The molecule has 18 heavy (non-hydrogen) atoms. The number of carboxylic acid groups (broad SMARTS) is 1. The van der Waals surface area contributed by atoms with Crippen LogP contribution in [0.4, 0.5) is 5.82 Å². The third kappa shape index (κ3) is 2.54. The summed E-state index contributed by atoms with van der Waals surface area (Å²) in [4.78, 5) is 17.0. The summed E-state index contributed by atoms with van der Waals surface area (Å²) >= 11 is 6.07. The average molecular weight is 266 g/mol. The van der Waals surface area contributed by atoms with Gasteiger partial charge in [0.05, 0.1) is 16.5 Å². The standard InChI is InChI=1S/C12H12ClN3O2/c13-10-4-8(5-14)6-15-11(10)16-3-1-2-9(7-16)12(17)18/h4,6,9H,1-3,7H2,(H,17,18). The van der Waals surface area contributed by atoms with E-state index in [1.165, 1.54) is 6.20 Å². The monoisotopic (exact) mass is 265 g/mol. The predicted octanol–water partition coefficient (Wildman–Crippen LogP) is 1.91. The highest BCUT2D eigenvalue weighted by atomic mass is 35.5. The van der Waals surface area contributed by atoms with E-state index in [4.69, 9.17) is 22.0 Å². The molecule has 1 atom stereocenters. The summed E-state index contributed by atoms with van der Waals surface area (Å²) in [5.41, 5.74) is 0.399. The molecule has 1 fully saturated rings. The van der Waals surface area contributed by atoms with Crippen molar-refractivity contribution in [1.29, 1.82) is 5.26 Å². The van der Waals surface area contributed by atoms with E-state index < -0.39 is 5.97 Å². The number of carboxylic acids is 1. The molecule has 2 rings (SSSR count). The topological polar surface area (TPSA) is 77.2 Å². The van der Waals surface area contributed by atoms with E-state index in [2.05, 4.69) is 4.98 Å². The normalized spacial score (nSPS) is 19.3. The number of anilines is 1. The van der Waals surface area contributed by atoms with Crippen molar-refractivity contribution < 1.29 is 9.90 Å². The smallest absolute Gasteiger partial charge is 0.308 e. The molecule has 5 nitrogen and oxygen atoms in total. The van der Waals surface area contributed by atoms with E-state index in [1.54, 1.807) is 6.07 Å². The van der Waals surface area contributed by atoms with Crippen LogP contribution < -0.4 is 4.90 Å². The maximum atomic E-state index is 11.0. The molecule has 2 heterocycles. The molecular weight excluding hydrogens is 254 g/mol. The number of halogens is 1. The van der Waals surface area contributed by atoms with Crippen LogP contribution in [0.25, 0.3) is 0 Å². The van der Waals surface area contributed by atoms with Crippen LogP contribution in [-0.2, 0) is 4.79 Å². The molecule has 1 saturated heterocycles. The highest BCUT2D eigenvalue weighted by Gasteiger charge is 2.27. The second-order valence-corrected chi connectivity index (χ2v) is 4.67. The molecular formula is C12H12ClN3O2. The number of nitrogens with zero attached hydrogens (tertiary/aromatic N) is 3. The van der Waals surface area contributed by atoms with Crippen molar-refractivity contribution in [3.8, 4) is 6.07 Å². The predicted molar refractivity (Wildman–Crippen MR) is 66.5 cm³/mol. The second-order valence-electron chi connectivity index (χ2n) is 4.26. The van der Waals surface area contributed by atoms with Gasteiger partial charge in [0.1, 0.15) is 11.9 Å². The summed E-state index contributed by atoms with van der Waals surface area (Å²) in [5.74, 6) is -0.613. The van der Waals surface area contributed by atoms with E-state index in [0.717, 1.165) is 13.0 Å². The molecule has 0 saturated carbocycles. The van der Waals surface area contributed by atoms with Crippen molar-refractivity contribution in [2.45, 2.75) is 12.8 Å². The summed E-state index contributed by atoms with van der Waals surface area (Å²) < 4.78 is 0. The number of rotatable bonds is 2. The van der Waals surface area contributed by atoms with E-state index in [-0.39, 0.29) is 5.92 Å². The summed E-state index contributed by atoms with van der Waals surface area (Å²) in [6, 6.07) is 3.52. The summed E-state index contributed by atoms with van der Waals surface area (Å²) in [6.07, 6.45) is 2.93. The number of pyridine rings is 1. The molecule has 1 aliphatic rings. The highest BCUT2D eigenvalue weighted by molar-refractivity contribution is 6.33. The number of hydrogen-bond acceptors (Lipinski definition) is 4. The Labute approximate surface area is 110 Å². The first-order chi connectivity index (χ1) is 8.61. The van der Waals surface area contributed by atoms with Crippen LogP contribution in [0.3, 0.4) is 0 Å². The quantitative estimate of drug-likeness (QED) is 0.884. The number of piperidine rings is 1. The summed E-state index contributed by atoms with van der Waals surface area (Å²) in [5, 5.41) is 18.2. The molecule has 6 heteroatoms. The van der Waals surface area contributed by atoms with Gasteiger partial charge in [0.2, 0.25) is 0 Å². The lowest BCUT2D eigenvalue weighted by Crippen LogP contribution is -2.39. The largest absolute Gasteiger partial charge is 0.481 e. The van der Waals surface area contributed by atoms with Crippen molar-refractivity contribution in [1.82, 2.24) is 4.98 Å². The second kappa shape index (κ2) is 5.23. The third-order valence-electron chi connectivity index (χ3n) is 3.02. The summed E-state index contributed by atoms with van der Waals surface area (Å²) in [6.45, 7) is 1.15. The van der Waals surface area contributed by atoms with Gasteiger partial charge >= 0.3 is 5.97 Å². The van der Waals surface area contributed by atoms with Crippen molar-refractivity contribution in [3.05, 3.63) is 22.8 Å². The number of aliphatic carboxylic acids is 1. The molecule has 0 aromatic carbocycles. The number of aromatic nitrogens is 1. The Morgan fingerprint density at radius 3 is 3.06 bits per heavy atom. The van der Waals surface area contributed by atoms with Crippen LogP contribution >= 0.6 is 11.6 Å². The maximum Gasteiger partial charge on any atom is 0.308 e. The number of hydrogen-bond donors (Lipinski definition) is 1. The minimum Gasteiger partial charge on any atom is -0.481 e. The molecule has 1 aromatic heterocycles. The Balaban J connectivity index is 2.21. The molecule has 0 radical (unpaired) electrons. The molecule has 1 aromatic rings. The van der Waals surface area contributed by atoms with Gasteiger partial charge < -0.3 is 10.0 Å². The molecule has 94 valence electrons. The van der Waals surface area contributed by atoms with Gasteiger partial charge in [-0.1, -0.05) is 11.6 Å². The van der Waals surface area contributed by atoms with Gasteiger partial charge in [-0.25, -0.2) is 4.98 Å². The van der Waals surface area contributed by atoms with Gasteiger partial charge in [0.15, 0.2) is 0 Å². The fraction of sp³-hybridized carbons (Fsp3) is 0.417. The van der Waals surface area contributed by atoms with Gasteiger partial charge in [-0.2, -0.15) is 5.26 Å². The van der Waals surface area contributed by atoms with Crippen molar-refractivity contribution in [2.75, 3.05) is 18.0 Å². The van der Waals surface area contributed by atoms with Gasteiger partial charge in [-0.05, 0) is 18.9 Å². The van der Waals surface area contributed by atoms with E-state index >= 15 is 0 Å². The number of carbonyl (C=O) groups is 1. The average Bonchev–Trinajstić information content (AvgIpc) is 2.38. The zero-order valence-electron chi connectivity index (χ0n) is 9.64. The van der Waals surface area contributed by atoms with Gasteiger partial charge in [0.25, 0.3) is 0 Å². The first-order valence-corrected chi connectivity index (χ1v) is 6.03. The minimum absolute atomic E-state index is 0.382. The van der Waals surface area contributed by atoms with Crippen LogP contribution in [0.5, 0.6) is 0 Å². The zero-order chi connectivity index (χ0) is 13.1. The van der Waals surface area contributed by atoms with Gasteiger partial charge in [-0.15, -0.1) is 0 Å². The Kier molecular flexibility index (Phi) is 3.68. The summed E-state index contributed by atoms with van der Waals surface area (Å²) in [7, 11) is 0. The molecule has 0 spiro atoms. The Morgan fingerprint density at radius 2 is 2.44 bits per heavy atom. The number of nitriles is 1. The Bertz CT molecular complexity index is 513. The lowest BCUT2D eigenvalue weighted by atomic mass is 9.98. The van der Waals surface area contributed by atoms with Crippen LogP contribution in [-0.4, -0.2) is 29.1 Å². The molecule has 1 unspecified atom stereocenters. The van der Waals surface area contributed by atoms with E-state index in [1.807, 2.05) is 11.0 Å². The third-order valence-corrected chi connectivity index (χ3v) is 3.30. The van der Waals surface area contributed by atoms with E-state index in [9.17, 15) is 4.79 Å². The first kappa shape index (κ1) is 12.7. The highest BCUT2D eigenvalue weighted by Crippen LogP contribution is 2.28. The van der Waals surface area contributed by atoms with Crippen LogP contribution in [0.2, 0.25) is 5.02 Å². The molecule has 1 aliphatic heterocycles. The van der Waals surface area contributed by atoms with E-state index in [0.29, 0.717) is 29.4 Å². The Hall–Kier alpha value is -1.80. The lowest BCUT2D eigenvalue weighted by molar-refractivity contribution is -0.141. The molecule has 1 N–H and O–H groups in total. The Morgan fingerprint density at radius 1 is 1.67 bits per heavy atom. The maximum absolute atomic E-state index is 11.0. The zero-order valence-corrected chi connectivity index (χ0v) is 10.4. The molecule has 0 amide bonds. The van der Waals surface area contributed by atoms with Crippen molar-refractivity contribution in [3.63, 3.8) is 0 Å². The molecule has 0 aliphatic carbocycles. The fourth-order valence-corrected chi connectivity index (χ4v) is 2.38. The molecule has 0 bridgehead atoms. The van der Waals surface area contributed by atoms with Gasteiger partial charge in [0, 0.05) is 19.3 Å². The minimum atomic E-state index is -0.788. The van der Waals surface area contributed by atoms with Crippen molar-refractivity contribution >= 4 is 23.4 Å². The SMILES string of the molecule is N#Cc1cnc(N2CCCC(C(=O)O)C2)c(Cl)c1.